The Morgan fingerprint density at radius 1 is 0.917 bits per heavy atom. The quantitative estimate of drug-likeness (QED) is 0.317. The fourth-order valence-electron chi connectivity index (χ4n) is 5.22. The summed E-state index contributed by atoms with van der Waals surface area (Å²) in [6, 6.07) is 21.7. The smallest absolute Gasteiger partial charge is 0.174 e. The van der Waals surface area contributed by atoms with E-state index in [1.807, 2.05) is 24.3 Å². The van der Waals surface area contributed by atoms with Crippen molar-refractivity contribution in [2.45, 2.75) is 25.8 Å². The van der Waals surface area contributed by atoms with Gasteiger partial charge in [-0.05, 0) is 89.1 Å². The van der Waals surface area contributed by atoms with Crippen LogP contribution in [0, 0.1) is 17.6 Å². The highest BCUT2D eigenvalue weighted by molar-refractivity contribution is 9.10. The van der Waals surface area contributed by atoms with Crippen LogP contribution in [0.5, 0.6) is 0 Å². The number of hydrogen-bond acceptors (Lipinski definition) is 3. The van der Waals surface area contributed by atoms with Gasteiger partial charge in [-0.25, -0.2) is 13.8 Å². The first-order chi connectivity index (χ1) is 17.5. The Labute approximate surface area is 222 Å². The fourth-order valence-corrected chi connectivity index (χ4v) is 6.42. The molecule has 0 amide bonds. The summed E-state index contributed by atoms with van der Waals surface area (Å²) in [4.78, 5) is 7.49. The maximum atomic E-state index is 13.9. The predicted molar refractivity (Wildman–Crippen MR) is 148 cm³/mol. The molecule has 0 fully saturated rings. The Bertz CT molecular complexity index is 1440. The molecule has 36 heavy (non-hydrogen) atoms. The zero-order valence-electron chi connectivity index (χ0n) is 19.6. The highest BCUT2D eigenvalue weighted by atomic mass is 79.9. The van der Waals surface area contributed by atoms with Gasteiger partial charge in [-0.2, -0.15) is 0 Å². The molecule has 3 aromatic carbocycles. The van der Waals surface area contributed by atoms with E-state index in [9.17, 15) is 8.78 Å². The molecule has 0 saturated carbocycles. The fraction of sp³-hybridized carbons (Fsp3) is 0.167. The molecule has 3 aliphatic rings. The van der Waals surface area contributed by atoms with Gasteiger partial charge in [0.25, 0.3) is 0 Å². The standard InChI is InChI=1S/C30H23BrF2N2S/c1-18-14-22(16-19-2-10-24(32)11-3-19)28-26(15-18)29(21-6-12-25(33)13-7-21)35-27(17-36-30(35)34-28)20-4-8-23(31)9-5-20/h2-13,16-18,29H,14-15H2,1H3/b22-16+/t18-,29+/m1/s1. The van der Waals surface area contributed by atoms with Crippen molar-refractivity contribution in [1.82, 2.24) is 4.90 Å². The molecule has 0 aromatic heterocycles. The van der Waals surface area contributed by atoms with Crippen LogP contribution in [0.15, 0.2) is 105 Å². The van der Waals surface area contributed by atoms with Gasteiger partial charge in [0.15, 0.2) is 5.17 Å². The maximum absolute atomic E-state index is 13.9. The number of hydrogen-bond donors (Lipinski definition) is 0. The third-order valence-electron chi connectivity index (χ3n) is 6.82. The van der Waals surface area contributed by atoms with Crippen LogP contribution in [0.1, 0.15) is 42.5 Å². The molecule has 0 bridgehead atoms. The molecule has 0 spiro atoms. The lowest BCUT2D eigenvalue weighted by Gasteiger charge is -2.41. The Morgan fingerprint density at radius 2 is 1.58 bits per heavy atom. The average Bonchev–Trinajstić information content (AvgIpc) is 3.29. The highest BCUT2D eigenvalue weighted by Gasteiger charge is 2.41. The molecule has 0 radical (unpaired) electrons. The Morgan fingerprint density at radius 3 is 2.28 bits per heavy atom. The number of thioether (sulfide) groups is 1. The van der Waals surface area contributed by atoms with E-state index in [1.165, 1.54) is 29.8 Å². The van der Waals surface area contributed by atoms with Crippen molar-refractivity contribution in [3.63, 3.8) is 0 Å². The lowest BCUT2D eigenvalue weighted by atomic mass is 9.78. The molecule has 0 N–H and O–H groups in total. The summed E-state index contributed by atoms with van der Waals surface area (Å²) >= 11 is 5.16. The molecule has 180 valence electrons. The Balaban J connectivity index is 1.50. The maximum Gasteiger partial charge on any atom is 0.174 e. The minimum absolute atomic E-state index is 0.0858. The van der Waals surface area contributed by atoms with E-state index in [0.717, 1.165) is 56.1 Å². The van der Waals surface area contributed by atoms with E-state index in [1.54, 1.807) is 23.9 Å². The van der Waals surface area contributed by atoms with Crippen LogP contribution in [-0.4, -0.2) is 10.1 Å². The van der Waals surface area contributed by atoms with Gasteiger partial charge < -0.3 is 4.90 Å². The number of aliphatic imine (C=N–C) groups is 1. The molecular weight excluding hydrogens is 538 g/mol. The van der Waals surface area contributed by atoms with E-state index >= 15 is 0 Å². The van der Waals surface area contributed by atoms with E-state index in [-0.39, 0.29) is 17.7 Å². The number of benzene rings is 3. The van der Waals surface area contributed by atoms with Crippen molar-refractivity contribution < 1.29 is 8.78 Å². The van der Waals surface area contributed by atoms with Gasteiger partial charge in [-0.15, -0.1) is 0 Å². The van der Waals surface area contributed by atoms with Crippen molar-refractivity contribution >= 4 is 44.6 Å². The third-order valence-corrected chi connectivity index (χ3v) is 8.19. The van der Waals surface area contributed by atoms with Crippen LogP contribution in [0.4, 0.5) is 8.78 Å². The van der Waals surface area contributed by atoms with E-state index in [2.05, 4.69) is 51.4 Å². The van der Waals surface area contributed by atoms with Crippen LogP contribution in [0.25, 0.3) is 11.8 Å². The molecule has 2 heterocycles. The molecule has 0 unspecified atom stereocenters. The Kier molecular flexibility index (Phi) is 6.18. The number of halogens is 3. The minimum Gasteiger partial charge on any atom is -0.308 e. The van der Waals surface area contributed by atoms with E-state index in [0.29, 0.717) is 5.92 Å². The van der Waals surface area contributed by atoms with Crippen LogP contribution in [-0.2, 0) is 0 Å². The first-order valence-corrected chi connectivity index (χ1v) is 13.6. The van der Waals surface area contributed by atoms with Crippen LogP contribution in [0.2, 0.25) is 0 Å². The van der Waals surface area contributed by atoms with E-state index in [4.69, 9.17) is 4.99 Å². The minimum atomic E-state index is -0.244. The van der Waals surface area contributed by atoms with Crippen LogP contribution < -0.4 is 0 Å². The van der Waals surface area contributed by atoms with E-state index < -0.39 is 0 Å². The second-order valence-corrected chi connectivity index (χ2v) is 11.2. The average molecular weight is 561 g/mol. The van der Waals surface area contributed by atoms with Crippen molar-refractivity contribution in [1.29, 1.82) is 0 Å². The Hall–Kier alpha value is -2.96. The molecular formula is C30H23BrF2N2S. The normalized spacial score (nSPS) is 22.3. The zero-order chi connectivity index (χ0) is 24.8. The molecule has 2 aliphatic heterocycles. The SMILES string of the molecule is C[C@H]1CC2=C(N=C3SC=C(c4ccc(Br)cc4)N3[C@H]2c2ccc(F)cc2)/C(=C/c2ccc(F)cc2)C1. The molecule has 0 saturated heterocycles. The molecule has 1 aliphatic carbocycles. The van der Waals surface area contributed by atoms with Gasteiger partial charge in [0.2, 0.25) is 0 Å². The number of rotatable bonds is 3. The van der Waals surface area contributed by atoms with Gasteiger partial charge in [0.05, 0.1) is 17.4 Å². The molecule has 3 aromatic rings. The summed E-state index contributed by atoms with van der Waals surface area (Å²) in [5.74, 6) is -0.0653. The lowest BCUT2D eigenvalue weighted by Crippen LogP contribution is -2.35. The molecule has 2 nitrogen and oxygen atoms in total. The number of fused-ring (bicyclic) bond motifs is 1. The summed E-state index contributed by atoms with van der Waals surface area (Å²) in [7, 11) is 0. The second-order valence-electron chi connectivity index (χ2n) is 9.45. The molecule has 6 rings (SSSR count). The second kappa shape index (κ2) is 9.49. The first kappa shape index (κ1) is 23.4. The topological polar surface area (TPSA) is 15.6 Å². The largest absolute Gasteiger partial charge is 0.308 e. The lowest BCUT2D eigenvalue weighted by molar-refractivity contribution is 0.425. The predicted octanol–water partition coefficient (Wildman–Crippen LogP) is 8.95. The summed E-state index contributed by atoms with van der Waals surface area (Å²) in [6.07, 6.45) is 3.94. The van der Waals surface area contributed by atoms with Gasteiger partial charge in [-0.3, -0.25) is 0 Å². The van der Waals surface area contributed by atoms with Gasteiger partial charge in [-0.1, -0.05) is 71.0 Å². The van der Waals surface area contributed by atoms with Gasteiger partial charge in [0.1, 0.15) is 11.6 Å². The number of allylic oxidation sites excluding steroid dienone is 1. The van der Waals surface area contributed by atoms with Crippen molar-refractivity contribution in [2.75, 3.05) is 0 Å². The third kappa shape index (κ3) is 4.37. The monoisotopic (exact) mass is 560 g/mol. The number of nitrogens with zero attached hydrogens (tertiary/aromatic N) is 2. The van der Waals surface area contributed by atoms with Crippen molar-refractivity contribution in [3.8, 4) is 0 Å². The van der Waals surface area contributed by atoms with Crippen molar-refractivity contribution in [3.05, 3.63) is 128 Å². The summed E-state index contributed by atoms with van der Waals surface area (Å²) in [5.41, 5.74) is 7.61. The number of amidine groups is 1. The molecule has 6 heteroatoms. The summed E-state index contributed by atoms with van der Waals surface area (Å²) < 4.78 is 28.5. The summed E-state index contributed by atoms with van der Waals surface area (Å²) in [5, 5.41) is 3.07. The van der Waals surface area contributed by atoms with Crippen molar-refractivity contribution in [2.24, 2.45) is 10.9 Å². The van der Waals surface area contributed by atoms with Crippen LogP contribution >= 0.6 is 27.7 Å². The van der Waals surface area contributed by atoms with Crippen LogP contribution in [0.3, 0.4) is 0 Å². The zero-order valence-corrected chi connectivity index (χ0v) is 22.0. The van der Waals surface area contributed by atoms with Gasteiger partial charge >= 0.3 is 0 Å². The summed E-state index contributed by atoms with van der Waals surface area (Å²) in [6.45, 7) is 2.26. The highest BCUT2D eigenvalue weighted by Crippen LogP contribution is 2.52. The van der Waals surface area contributed by atoms with Gasteiger partial charge in [0, 0.05) is 9.88 Å². The molecule has 2 atom stereocenters. The first-order valence-electron chi connectivity index (χ1n) is 11.9.